The minimum atomic E-state index is -0.472. The van der Waals surface area contributed by atoms with Crippen LogP contribution in [0.25, 0.3) is 21.8 Å². The Morgan fingerprint density at radius 1 is 1.24 bits per heavy atom. The highest BCUT2D eigenvalue weighted by molar-refractivity contribution is 6.11. The van der Waals surface area contributed by atoms with Gasteiger partial charge in [-0.15, -0.1) is 0 Å². The van der Waals surface area contributed by atoms with Crippen LogP contribution in [0.1, 0.15) is 6.92 Å². The standard InChI is InChI=1S/C15H13N3O3/c1-2-21-12-8-7-11-13(15(12)18(19)20)14(16)9-5-3-4-6-10(9)17-11/h3-8H,2H2,1H3,(H2,16,17). The minimum Gasteiger partial charge on any atom is -0.487 e. The second-order valence-electron chi connectivity index (χ2n) is 4.54. The van der Waals surface area contributed by atoms with Crippen LogP contribution in [0.2, 0.25) is 0 Å². The van der Waals surface area contributed by atoms with Crippen LogP contribution in [0.5, 0.6) is 5.75 Å². The van der Waals surface area contributed by atoms with E-state index in [1.807, 2.05) is 18.2 Å². The molecule has 0 aliphatic carbocycles. The van der Waals surface area contributed by atoms with Crippen molar-refractivity contribution >= 4 is 33.2 Å². The van der Waals surface area contributed by atoms with Gasteiger partial charge in [-0.1, -0.05) is 18.2 Å². The lowest BCUT2D eigenvalue weighted by Crippen LogP contribution is -2.01. The number of fused-ring (bicyclic) bond motifs is 2. The molecule has 0 atom stereocenters. The number of nitro benzene ring substituents is 1. The number of para-hydroxylation sites is 1. The topological polar surface area (TPSA) is 91.3 Å². The summed E-state index contributed by atoms with van der Waals surface area (Å²) in [5.41, 5.74) is 7.57. The zero-order valence-corrected chi connectivity index (χ0v) is 11.4. The number of benzene rings is 2. The molecule has 0 amide bonds. The molecule has 6 heteroatoms. The fourth-order valence-corrected chi connectivity index (χ4v) is 2.44. The molecule has 1 aromatic heterocycles. The van der Waals surface area contributed by atoms with Gasteiger partial charge in [0.15, 0.2) is 5.75 Å². The summed E-state index contributed by atoms with van der Waals surface area (Å²) in [6, 6.07) is 10.6. The summed E-state index contributed by atoms with van der Waals surface area (Å²) in [6.45, 7) is 2.11. The number of pyridine rings is 1. The quantitative estimate of drug-likeness (QED) is 0.452. The molecule has 21 heavy (non-hydrogen) atoms. The van der Waals surface area contributed by atoms with Crippen LogP contribution >= 0.6 is 0 Å². The van der Waals surface area contributed by atoms with E-state index >= 15 is 0 Å². The first-order valence-corrected chi connectivity index (χ1v) is 6.51. The molecule has 2 aromatic carbocycles. The highest BCUT2D eigenvalue weighted by atomic mass is 16.6. The number of hydrogen-bond donors (Lipinski definition) is 1. The Labute approximate surface area is 120 Å². The molecule has 0 fully saturated rings. The van der Waals surface area contributed by atoms with Crippen LogP contribution in [-0.2, 0) is 0 Å². The van der Waals surface area contributed by atoms with E-state index in [4.69, 9.17) is 10.5 Å². The normalized spacial score (nSPS) is 10.9. The summed E-state index contributed by atoms with van der Waals surface area (Å²) >= 11 is 0. The van der Waals surface area contributed by atoms with Gasteiger partial charge in [-0.2, -0.15) is 0 Å². The van der Waals surface area contributed by atoms with Crippen molar-refractivity contribution in [1.29, 1.82) is 0 Å². The van der Waals surface area contributed by atoms with E-state index in [0.717, 1.165) is 0 Å². The summed E-state index contributed by atoms with van der Waals surface area (Å²) in [4.78, 5) is 15.4. The Balaban J connectivity index is 2.48. The molecule has 6 nitrogen and oxygen atoms in total. The van der Waals surface area contributed by atoms with E-state index in [0.29, 0.717) is 34.1 Å². The van der Waals surface area contributed by atoms with Crippen LogP contribution < -0.4 is 10.5 Å². The number of aromatic nitrogens is 1. The molecule has 3 rings (SSSR count). The van der Waals surface area contributed by atoms with Gasteiger partial charge in [0, 0.05) is 5.39 Å². The van der Waals surface area contributed by atoms with Crippen LogP contribution in [0.15, 0.2) is 36.4 Å². The van der Waals surface area contributed by atoms with Crippen molar-refractivity contribution < 1.29 is 9.66 Å². The third-order valence-electron chi connectivity index (χ3n) is 3.31. The largest absolute Gasteiger partial charge is 0.487 e. The summed E-state index contributed by atoms with van der Waals surface area (Å²) < 4.78 is 5.35. The van der Waals surface area contributed by atoms with Crippen molar-refractivity contribution in [3.63, 3.8) is 0 Å². The van der Waals surface area contributed by atoms with E-state index in [2.05, 4.69) is 4.98 Å². The number of ether oxygens (including phenoxy) is 1. The molecule has 3 aromatic rings. The minimum absolute atomic E-state index is 0.134. The number of nitrogens with two attached hydrogens (primary N) is 1. The summed E-state index contributed by atoms with van der Waals surface area (Å²) in [7, 11) is 0. The van der Waals surface area contributed by atoms with Crippen LogP contribution in [0.3, 0.4) is 0 Å². The predicted octanol–water partition coefficient (Wildman–Crippen LogP) is 3.28. The van der Waals surface area contributed by atoms with Gasteiger partial charge in [-0.05, 0) is 25.1 Å². The first kappa shape index (κ1) is 13.1. The van der Waals surface area contributed by atoms with Gasteiger partial charge >= 0.3 is 5.69 Å². The van der Waals surface area contributed by atoms with Gasteiger partial charge < -0.3 is 10.5 Å². The predicted molar refractivity (Wildman–Crippen MR) is 81.5 cm³/mol. The zero-order valence-electron chi connectivity index (χ0n) is 11.4. The molecule has 0 saturated heterocycles. The molecule has 0 spiro atoms. The molecule has 0 bridgehead atoms. The van der Waals surface area contributed by atoms with Crippen molar-refractivity contribution in [2.45, 2.75) is 6.92 Å². The molecule has 0 radical (unpaired) electrons. The van der Waals surface area contributed by atoms with Crippen molar-refractivity contribution in [2.24, 2.45) is 0 Å². The second-order valence-corrected chi connectivity index (χ2v) is 4.54. The highest BCUT2D eigenvalue weighted by Crippen LogP contribution is 2.40. The maximum absolute atomic E-state index is 11.4. The lowest BCUT2D eigenvalue weighted by molar-refractivity contribution is -0.384. The lowest BCUT2D eigenvalue weighted by Gasteiger charge is -2.10. The monoisotopic (exact) mass is 283 g/mol. The average molecular weight is 283 g/mol. The van der Waals surface area contributed by atoms with E-state index in [9.17, 15) is 10.1 Å². The third-order valence-corrected chi connectivity index (χ3v) is 3.31. The summed E-state index contributed by atoms with van der Waals surface area (Å²) in [5, 5.41) is 12.5. The van der Waals surface area contributed by atoms with Crippen LogP contribution in [-0.4, -0.2) is 16.5 Å². The van der Waals surface area contributed by atoms with Crippen LogP contribution in [0, 0.1) is 10.1 Å². The smallest absolute Gasteiger partial charge is 0.322 e. The van der Waals surface area contributed by atoms with E-state index in [1.54, 1.807) is 25.1 Å². The fraction of sp³-hybridized carbons (Fsp3) is 0.133. The first-order valence-electron chi connectivity index (χ1n) is 6.51. The lowest BCUT2D eigenvalue weighted by atomic mass is 10.1. The summed E-state index contributed by atoms with van der Waals surface area (Å²) in [6.07, 6.45) is 0. The third kappa shape index (κ3) is 2.01. The molecule has 0 aliphatic heterocycles. The fourth-order valence-electron chi connectivity index (χ4n) is 2.44. The number of anilines is 1. The Kier molecular flexibility index (Phi) is 3.06. The molecule has 0 unspecified atom stereocenters. The molecule has 106 valence electrons. The second kappa shape index (κ2) is 4.90. The maximum atomic E-state index is 11.4. The first-order chi connectivity index (χ1) is 10.1. The van der Waals surface area contributed by atoms with Gasteiger partial charge in [0.2, 0.25) is 0 Å². The van der Waals surface area contributed by atoms with Gasteiger partial charge in [-0.3, -0.25) is 10.1 Å². The van der Waals surface area contributed by atoms with E-state index in [-0.39, 0.29) is 11.4 Å². The Morgan fingerprint density at radius 3 is 2.71 bits per heavy atom. The van der Waals surface area contributed by atoms with Gasteiger partial charge in [0.25, 0.3) is 0 Å². The Hall–Kier alpha value is -2.89. The molecule has 0 aliphatic rings. The molecular formula is C15H13N3O3. The van der Waals surface area contributed by atoms with Gasteiger partial charge in [0.1, 0.15) is 5.39 Å². The number of rotatable bonds is 3. The molecule has 0 saturated carbocycles. The molecule has 2 N–H and O–H groups in total. The van der Waals surface area contributed by atoms with Crippen molar-refractivity contribution in [2.75, 3.05) is 12.3 Å². The number of nitro groups is 1. The maximum Gasteiger partial charge on any atom is 0.322 e. The molecule has 1 heterocycles. The number of nitrogen functional groups attached to an aromatic ring is 1. The SMILES string of the molecule is CCOc1ccc2nc3ccccc3c(N)c2c1[N+](=O)[O-]. The molecular weight excluding hydrogens is 270 g/mol. The van der Waals surface area contributed by atoms with Crippen molar-refractivity contribution in [1.82, 2.24) is 4.98 Å². The number of nitrogens with zero attached hydrogens (tertiary/aromatic N) is 2. The van der Waals surface area contributed by atoms with Gasteiger partial charge in [0.05, 0.1) is 28.3 Å². The number of hydrogen-bond acceptors (Lipinski definition) is 5. The Morgan fingerprint density at radius 2 is 2.00 bits per heavy atom. The van der Waals surface area contributed by atoms with E-state index in [1.165, 1.54) is 0 Å². The average Bonchev–Trinajstić information content (AvgIpc) is 2.48. The van der Waals surface area contributed by atoms with E-state index < -0.39 is 4.92 Å². The van der Waals surface area contributed by atoms with Crippen LogP contribution in [0.4, 0.5) is 11.4 Å². The highest BCUT2D eigenvalue weighted by Gasteiger charge is 2.23. The van der Waals surface area contributed by atoms with Crippen molar-refractivity contribution in [3.05, 3.63) is 46.5 Å². The van der Waals surface area contributed by atoms with Crippen molar-refractivity contribution in [3.8, 4) is 5.75 Å². The van der Waals surface area contributed by atoms with Gasteiger partial charge in [-0.25, -0.2) is 4.98 Å². The Bertz CT molecular complexity index is 862. The summed E-state index contributed by atoms with van der Waals surface area (Å²) in [5.74, 6) is 0.207. The zero-order chi connectivity index (χ0) is 15.0.